The normalized spacial score (nSPS) is 14.3. The minimum Gasteiger partial charge on any atom is -0.492 e. The Labute approximate surface area is 136 Å². The van der Waals surface area contributed by atoms with E-state index in [1.54, 1.807) is 11.8 Å². The predicted molar refractivity (Wildman–Crippen MR) is 89.8 cm³/mol. The van der Waals surface area contributed by atoms with Crippen molar-refractivity contribution in [1.29, 1.82) is 0 Å². The molecule has 1 aromatic heterocycles. The summed E-state index contributed by atoms with van der Waals surface area (Å²) in [5.41, 5.74) is 2.41. The molecule has 5 heteroatoms. The molecule has 1 aliphatic carbocycles. The summed E-state index contributed by atoms with van der Waals surface area (Å²) >= 11 is 1.73. The predicted octanol–water partition coefficient (Wildman–Crippen LogP) is 3.96. The number of rotatable bonds is 7. The molecule has 118 valence electrons. The largest absolute Gasteiger partial charge is 0.492 e. The van der Waals surface area contributed by atoms with Crippen molar-refractivity contribution in [1.82, 2.24) is 14.8 Å². The molecular formula is C17H23N3OS. The van der Waals surface area contributed by atoms with Crippen LogP contribution >= 0.6 is 11.8 Å². The Bertz CT molecular complexity index is 649. The first-order valence-corrected chi connectivity index (χ1v) is 8.93. The fourth-order valence-corrected chi connectivity index (χ4v) is 3.32. The van der Waals surface area contributed by atoms with Gasteiger partial charge in [-0.1, -0.05) is 23.9 Å². The van der Waals surface area contributed by atoms with Gasteiger partial charge in [0.25, 0.3) is 0 Å². The molecule has 0 spiro atoms. The van der Waals surface area contributed by atoms with E-state index in [4.69, 9.17) is 4.74 Å². The van der Waals surface area contributed by atoms with E-state index in [1.165, 1.54) is 29.8 Å². The zero-order valence-electron chi connectivity index (χ0n) is 13.5. The van der Waals surface area contributed by atoms with Gasteiger partial charge < -0.3 is 9.30 Å². The molecule has 1 heterocycles. The summed E-state index contributed by atoms with van der Waals surface area (Å²) in [7, 11) is 0. The van der Waals surface area contributed by atoms with Crippen LogP contribution in [0.3, 0.4) is 0 Å². The van der Waals surface area contributed by atoms with E-state index in [0.717, 1.165) is 23.2 Å². The Morgan fingerprint density at radius 3 is 2.82 bits per heavy atom. The summed E-state index contributed by atoms with van der Waals surface area (Å²) in [6, 6.07) is 6.31. The third kappa shape index (κ3) is 3.46. The third-order valence-corrected chi connectivity index (χ3v) is 4.85. The van der Waals surface area contributed by atoms with Crippen molar-refractivity contribution in [2.75, 3.05) is 12.4 Å². The van der Waals surface area contributed by atoms with Gasteiger partial charge in [0.2, 0.25) is 0 Å². The Hall–Kier alpha value is -1.49. The Balaban J connectivity index is 1.54. The minimum atomic E-state index is 0.646. The average Bonchev–Trinajstić information content (AvgIpc) is 3.27. The van der Waals surface area contributed by atoms with Crippen molar-refractivity contribution in [3.8, 4) is 5.75 Å². The van der Waals surface area contributed by atoms with Crippen LogP contribution in [0.15, 0.2) is 23.4 Å². The maximum Gasteiger partial charge on any atom is 0.191 e. The number of thioether (sulfide) groups is 1. The van der Waals surface area contributed by atoms with E-state index in [1.807, 2.05) is 0 Å². The van der Waals surface area contributed by atoms with Crippen LogP contribution in [0.1, 0.15) is 42.6 Å². The molecule has 22 heavy (non-hydrogen) atoms. The fourth-order valence-electron chi connectivity index (χ4n) is 2.49. The lowest BCUT2D eigenvalue weighted by molar-refractivity contribution is 0.341. The summed E-state index contributed by atoms with van der Waals surface area (Å²) in [5.74, 6) is 3.68. The molecule has 0 atom stereocenters. The van der Waals surface area contributed by atoms with Crippen LogP contribution < -0.4 is 4.74 Å². The van der Waals surface area contributed by atoms with E-state index < -0.39 is 0 Å². The molecule has 0 bridgehead atoms. The fraction of sp³-hybridized carbons (Fsp3) is 0.529. The highest BCUT2D eigenvalue weighted by Gasteiger charge is 2.29. The van der Waals surface area contributed by atoms with Gasteiger partial charge in [-0.2, -0.15) is 0 Å². The van der Waals surface area contributed by atoms with Crippen molar-refractivity contribution in [3.05, 3.63) is 35.2 Å². The summed E-state index contributed by atoms with van der Waals surface area (Å²) in [5, 5.41) is 9.73. The number of aromatic nitrogens is 3. The lowest BCUT2D eigenvalue weighted by Gasteiger charge is -2.10. The molecule has 0 amide bonds. The molecule has 4 nitrogen and oxygen atoms in total. The number of hydrogen-bond acceptors (Lipinski definition) is 4. The lowest BCUT2D eigenvalue weighted by atomic mass is 10.1. The Kier molecular flexibility index (Phi) is 4.71. The zero-order valence-corrected chi connectivity index (χ0v) is 14.3. The summed E-state index contributed by atoms with van der Waals surface area (Å²) in [6.07, 6.45) is 2.52. The molecule has 3 rings (SSSR count). The van der Waals surface area contributed by atoms with Crippen LogP contribution in [-0.4, -0.2) is 27.1 Å². The minimum absolute atomic E-state index is 0.646. The van der Waals surface area contributed by atoms with Gasteiger partial charge in [-0.3, -0.25) is 0 Å². The van der Waals surface area contributed by atoms with E-state index >= 15 is 0 Å². The molecular weight excluding hydrogens is 294 g/mol. The van der Waals surface area contributed by atoms with E-state index in [-0.39, 0.29) is 0 Å². The number of hydrogen-bond donors (Lipinski definition) is 0. The second-order valence-electron chi connectivity index (χ2n) is 5.83. The highest BCUT2D eigenvalue weighted by molar-refractivity contribution is 7.99. The number of aryl methyl sites for hydroxylation is 2. The van der Waals surface area contributed by atoms with Gasteiger partial charge in [-0.25, -0.2) is 0 Å². The van der Waals surface area contributed by atoms with Gasteiger partial charge in [0.1, 0.15) is 11.6 Å². The van der Waals surface area contributed by atoms with Crippen LogP contribution in [0.5, 0.6) is 5.75 Å². The van der Waals surface area contributed by atoms with E-state index in [2.05, 4.69) is 53.7 Å². The summed E-state index contributed by atoms with van der Waals surface area (Å²) in [4.78, 5) is 0. The first-order chi connectivity index (χ1) is 10.7. The zero-order chi connectivity index (χ0) is 15.5. The van der Waals surface area contributed by atoms with Gasteiger partial charge in [0.15, 0.2) is 5.16 Å². The van der Waals surface area contributed by atoms with Gasteiger partial charge in [-0.15, -0.1) is 10.2 Å². The van der Waals surface area contributed by atoms with E-state index in [9.17, 15) is 0 Å². The quantitative estimate of drug-likeness (QED) is 0.572. The van der Waals surface area contributed by atoms with Crippen LogP contribution in [0.25, 0.3) is 0 Å². The molecule has 1 saturated carbocycles. The van der Waals surface area contributed by atoms with Crippen molar-refractivity contribution >= 4 is 11.8 Å². The third-order valence-electron chi connectivity index (χ3n) is 3.92. The molecule has 0 unspecified atom stereocenters. The first-order valence-electron chi connectivity index (χ1n) is 7.95. The summed E-state index contributed by atoms with van der Waals surface area (Å²) in [6.45, 7) is 7.96. The van der Waals surface area contributed by atoms with Crippen LogP contribution in [0.4, 0.5) is 0 Å². The van der Waals surface area contributed by atoms with E-state index in [0.29, 0.717) is 12.5 Å². The lowest BCUT2D eigenvalue weighted by Crippen LogP contribution is -2.05. The average molecular weight is 317 g/mol. The van der Waals surface area contributed by atoms with Crippen molar-refractivity contribution in [2.24, 2.45) is 0 Å². The second-order valence-corrected chi connectivity index (χ2v) is 6.89. The highest BCUT2D eigenvalue weighted by Crippen LogP contribution is 2.39. The van der Waals surface area contributed by atoms with Crippen molar-refractivity contribution in [3.63, 3.8) is 0 Å². The molecule has 0 aliphatic heterocycles. The van der Waals surface area contributed by atoms with Gasteiger partial charge in [0, 0.05) is 18.2 Å². The molecule has 1 aliphatic rings. The van der Waals surface area contributed by atoms with Crippen molar-refractivity contribution < 1.29 is 4.74 Å². The number of ether oxygens (including phenoxy) is 1. The number of nitrogens with zero attached hydrogens (tertiary/aromatic N) is 3. The summed E-state index contributed by atoms with van der Waals surface area (Å²) < 4.78 is 8.15. The van der Waals surface area contributed by atoms with Gasteiger partial charge in [0.05, 0.1) is 6.61 Å². The Morgan fingerprint density at radius 1 is 1.27 bits per heavy atom. The maximum absolute atomic E-state index is 5.90. The van der Waals surface area contributed by atoms with Gasteiger partial charge >= 0.3 is 0 Å². The first kappa shape index (κ1) is 15.4. The molecule has 2 aromatic rings. The molecule has 0 saturated heterocycles. The van der Waals surface area contributed by atoms with Crippen LogP contribution in [0, 0.1) is 13.8 Å². The molecule has 0 N–H and O–H groups in total. The SMILES string of the molecule is CCn1c(SCCOc2cc(C)ccc2C)nnc1C1CC1. The molecule has 1 fully saturated rings. The van der Waals surface area contributed by atoms with Crippen LogP contribution in [0.2, 0.25) is 0 Å². The van der Waals surface area contributed by atoms with Crippen molar-refractivity contribution in [2.45, 2.75) is 51.2 Å². The molecule has 0 radical (unpaired) electrons. The van der Waals surface area contributed by atoms with Crippen LogP contribution in [-0.2, 0) is 6.54 Å². The monoisotopic (exact) mass is 317 g/mol. The smallest absolute Gasteiger partial charge is 0.191 e. The molecule has 1 aromatic carbocycles. The highest BCUT2D eigenvalue weighted by atomic mass is 32.2. The topological polar surface area (TPSA) is 39.9 Å². The Morgan fingerprint density at radius 2 is 2.09 bits per heavy atom. The second kappa shape index (κ2) is 6.73. The maximum atomic E-state index is 5.90. The standard InChI is InChI=1S/C17H23N3OS/c1-4-20-16(14-7-8-14)18-19-17(20)22-10-9-21-15-11-12(2)5-6-13(15)3/h5-6,11,14H,4,7-10H2,1-3H3. The number of benzene rings is 1. The van der Waals surface area contributed by atoms with Gasteiger partial charge in [-0.05, 0) is 50.8 Å².